The first-order chi connectivity index (χ1) is 18.9. The molecule has 5 rings (SSSR count). The Morgan fingerprint density at radius 2 is 1.36 bits per heavy atom. The minimum absolute atomic E-state index is 0.158. The van der Waals surface area contributed by atoms with Crippen molar-refractivity contribution in [2.75, 3.05) is 33.9 Å². The quantitative estimate of drug-likeness (QED) is 0.255. The normalized spacial score (nSPS) is 13.7. The SMILES string of the molecule is Cc1cc(C(=O)Nc2ccc(Nc3ccc(NC(=O)c4cccn4C)cc3)cc2)ccc1N1CCC(O)CC1. The number of hydrogen-bond acceptors (Lipinski definition) is 5. The average Bonchev–Trinajstić information content (AvgIpc) is 3.37. The largest absolute Gasteiger partial charge is 0.393 e. The Labute approximate surface area is 228 Å². The van der Waals surface area contributed by atoms with Crippen molar-refractivity contribution in [2.45, 2.75) is 25.9 Å². The molecule has 1 aromatic heterocycles. The van der Waals surface area contributed by atoms with Gasteiger partial charge in [0.15, 0.2) is 0 Å². The number of benzene rings is 3. The molecule has 200 valence electrons. The van der Waals surface area contributed by atoms with Gasteiger partial charge in [0.2, 0.25) is 0 Å². The number of rotatable bonds is 7. The van der Waals surface area contributed by atoms with Gasteiger partial charge in [-0.15, -0.1) is 0 Å². The molecule has 0 atom stereocenters. The van der Waals surface area contributed by atoms with Gasteiger partial charge in [-0.3, -0.25) is 9.59 Å². The monoisotopic (exact) mass is 523 g/mol. The van der Waals surface area contributed by atoms with E-state index in [1.165, 1.54) is 0 Å². The highest BCUT2D eigenvalue weighted by Crippen LogP contribution is 2.26. The summed E-state index contributed by atoms with van der Waals surface area (Å²) < 4.78 is 1.78. The van der Waals surface area contributed by atoms with Crippen molar-refractivity contribution < 1.29 is 14.7 Å². The topological polar surface area (TPSA) is 98.6 Å². The van der Waals surface area contributed by atoms with Crippen LogP contribution in [-0.2, 0) is 7.05 Å². The van der Waals surface area contributed by atoms with Crippen LogP contribution < -0.4 is 20.9 Å². The number of aromatic nitrogens is 1. The van der Waals surface area contributed by atoms with Gasteiger partial charge in [-0.2, -0.15) is 0 Å². The van der Waals surface area contributed by atoms with E-state index in [-0.39, 0.29) is 17.9 Å². The molecule has 0 radical (unpaired) electrons. The number of piperidine rings is 1. The number of nitrogens with one attached hydrogen (secondary N) is 3. The lowest BCUT2D eigenvalue weighted by Gasteiger charge is -2.32. The molecular weight excluding hydrogens is 490 g/mol. The lowest BCUT2D eigenvalue weighted by atomic mass is 10.0. The molecule has 8 nitrogen and oxygen atoms in total. The van der Waals surface area contributed by atoms with Gasteiger partial charge in [0, 0.05) is 60.3 Å². The van der Waals surface area contributed by atoms with Crippen molar-refractivity contribution in [1.82, 2.24) is 4.57 Å². The number of nitrogens with zero attached hydrogens (tertiary/aromatic N) is 2. The fourth-order valence-electron chi connectivity index (χ4n) is 4.79. The van der Waals surface area contributed by atoms with Gasteiger partial charge >= 0.3 is 0 Å². The van der Waals surface area contributed by atoms with Crippen molar-refractivity contribution in [2.24, 2.45) is 7.05 Å². The number of aliphatic hydroxyl groups excluding tert-OH is 1. The van der Waals surface area contributed by atoms with E-state index < -0.39 is 0 Å². The molecule has 3 aromatic carbocycles. The van der Waals surface area contributed by atoms with Gasteiger partial charge in [0.05, 0.1) is 6.10 Å². The van der Waals surface area contributed by atoms with Crippen LogP contribution in [0.2, 0.25) is 0 Å². The number of aliphatic hydroxyl groups is 1. The maximum atomic E-state index is 12.9. The first-order valence-electron chi connectivity index (χ1n) is 13.1. The number of amides is 2. The summed E-state index contributed by atoms with van der Waals surface area (Å²) in [6.07, 6.45) is 3.16. The summed E-state index contributed by atoms with van der Waals surface area (Å²) in [4.78, 5) is 27.5. The van der Waals surface area contributed by atoms with Crippen molar-refractivity contribution in [3.05, 3.63) is 102 Å². The molecule has 1 fully saturated rings. The number of aryl methyl sites for hydroxylation is 2. The smallest absolute Gasteiger partial charge is 0.272 e. The molecule has 4 N–H and O–H groups in total. The van der Waals surface area contributed by atoms with Gasteiger partial charge < -0.3 is 30.5 Å². The number of anilines is 5. The van der Waals surface area contributed by atoms with Gasteiger partial charge in [-0.1, -0.05) is 0 Å². The Morgan fingerprint density at radius 1 is 0.795 bits per heavy atom. The zero-order valence-corrected chi connectivity index (χ0v) is 22.1. The lowest BCUT2D eigenvalue weighted by Crippen LogP contribution is -2.36. The summed E-state index contributed by atoms with van der Waals surface area (Å²) >= 11 is 0. The average molecular weight is 524 g/mol. The van der Waals surface area contributed by atoms with Crippen LogP contribution >= 0.6 is 0 Å². The third-order valence-corrected chi connectivity index (χ3v) is 7.01. The van der Waals surface area contributed by atoms with E-state index in [0.29, 0.717) is 22.6 Å². The molecule has 0 bridgehead atoms. The highest BCUT2D eigenvalue weighted by atomic mass is 16.3. The molecule has 39 heavy (non-hydrogen) atoms. The molecule has 0 aliphatic carbocycles. The number of hydrogen-bond donors (Lipinski definition) is 4. The second-order valence-electron chi connectivity index (χ2n) is 9.91. The van der Waals surface area contributed by atoms with E-state index in [1.807, 2.05) is 93.0 Å². The van der Waals surface area contributed by atoms with Crippen LogP contribution in [0.5, 0.6) is 0 Å². The van der Waals surface area contributed by atoms with E-state index in [1.54, 1.807) is 10.6 Å². The molecule has 1 aliphatic heterocycles. The Bertz CT molecular complexity index is 1450. The zero-order valence-electron chi connectivity index (χ0n) is 22.1. The van der Waals surface area contributed by atoms with Crippen molar-refractivity contribution in [3.63, 3.8) is 0 Å². The molecule has 2 amide bonds. The van der Waals surface area contributed by atoms with Gasteiger partial charge in [-0.05, 0) is 104 Å². The molecule has 4 aromatic rings. The molecule has 0 saturated carbocycles. The highest BCUT2D eigenvalue weighted by molar-refractivity contribution is 6.05. The molecule has 2 heterocycles. The molecular formula is C31H33N5O3. The highest BCUT2D eigenvalue weighted by Gasteiger charge is 2.19. The number of carbonyl (C=O) groups is 2. The fourth-order valence-corrected chi connectivity index (χ4v) is 4.79. The summed E-state index contributed by atoms with van der Waals surface area (Å²) in [5, 5.41) is 19.0. The van der Waals surface area contributed by atoms with Crippen molar-refractivity contribution in [3.8, 4) is 0 Å². The lowest BCUT2D eigenvalue weighted by molar-refractivity contribution is 0.101. The second-order valence-corrected chi connectivity index (χ2v) is 9.91. The van der Waals surface area contributed by atoms with E-state index in [0.717, 1.165) is 48.6 Å². The van der Waals surface area contributed by atoms with Crippen molar-refractivity contribution in [1.29, 1.82) is 0 Å². The van der Waals surface area contributed by atoms with E-state index >= 15 is 0 Å². The van der Waals surface area contributed by atoms with Crippen LogP contribution in [-0.4, -0.2) is 40.7 Å². The predicted octanol–water partition coefficient (Wildman–Crippen LogP) is 5.54. The Balaban J connectivity index is 1.15. The summed E-state index contributed by atoms with van der Waals surface area (Å²) in [6, 6.07) is 24.4. The maximum Gasteiger partial charge on any atom is 0.272 e. The van der Waals surface area contributed by atoms with Gasteiger partial charge in [0.1, 0.15) is 5.69 Å². The summed E-state index contributed by atoms with van der Waals surface area (Å²) in [7, 11) is 1.83. The van der Waals surface area contributed by atoms with Gasteiger partial charge in [0.25, 0.3) is 11.8 Å². The van der Waals surface area contributed by atoms with E-state index in [2.05, 4.69) is 20.9 Å². The Hall–Kier alpha value is -4.56. The Kier molecular flexibility index (Phi) is 7.65. The maximum absolute atomic E-state index is 12.9. The van der Waals surface area contributed by atoms with Gasteiger partial charge in [-0.25, -0.2) is 0 Å². The summed E-state index contributed by atoms with van der Waals surface area (Å²) in [5.41, 5.74) is 6.52. The minimum atomic E-state index is -0.215. The second kappa shape index (κ2) is 11.4. The minimum Gasteiger partial charge on any atom is -0.393 e. The standard InChI is InChI=1S/C31H33N5O3/c1-21-20-22(5-14-28(21)36-18-15-27(37)16-19-36)30(38)33-25-10-6-23(7-11-25)32-24-8-12-26(13-9-24)34-31(39)29-4-3-17-35(29)2/h3-14,17,20,27,32,37H,15-16,18-19H2,1-2H3,(H,33,38)(H,34,39). The van der Waals surface area contributed by atoms with Crippen LogP contribution in [0.25, 0.3) is 0 Å². The first-order valence-corrected chi connectivity index (χ1v) is 13.1. The van der Waals surface area contributed by atoms with Crippen LogP contribution in [0.4, 0.5) is 28.4 Å². The third-order valence-electron chi connectivity index (χ3n) is 7.01. The summed E-state index contributed by atoms with van der Waals surface area (Å²) in [6.45, 7) is 3.66. The molecule has 1 aliphatic rings. The molecule has 0 unspecified atom stereocenters. The van der Waals surface area contributed by atoms with Crippen LogP contribution in [0.15, 0.2) is 85.1 Å². The van der Waals surface area contributed by atoms with E-state index in [9.17, 15) is 14.7 Å². The van der Waals surface area contributed by atoms with Crippen LogP contribution in [0.3, 0.4) is 0 Å². The van der Waals surface area contributed by atoms with E-state index in [4.69, 9.17) is 0 Å². The molecule has 8 heteroatoms. The van der Waals surface area contributed by atoms with Crippen LogP contribution in [0, 0.1) is 6.92 Å². The third kappa shape index (κ3) is 6.30. The van der Waals surface area contributed by atoms with Crippen molar-refractivity contribution >= 4 is 40.3 Å². The predicted molar refractivity (Wildman–Crippen MR) is 156 cm³/mol. The first kappa shape index (κ1) is 26.1. The summed E-state index contributed by atoms with van der Waals surface area (Å²) in [5.74, 6) is -0.318. The van der Waals surface area contributed by atoms with Crippen LogP contribution in [0.1, 0.15) is 39.3 Å². The molecule has 1 saturated heterocycles. The molecule has 0 spiro atoms. The number of carbonyl (C=O) groups excluding carboxylic acids is 2. The Morgan fingerprint density at radius 3 is 1.90 bits per heavy atom. The fraction of sp³-hybridized carbons (Fsp3) is 0.226. The zero-order chi connectivity index (χ0) is 27.4.